The van der Waals surface area contributed by atoms with Gasteiger partial charge >= 0.3 is 0 Å². The van der Waals surface area contributed by atoms with E-state index >= 15 is 0 Å². The van der Waals surface area contributed by atoms with Gasteiger partial charge in [-0.2, -0.15) is 0 Å². The van der Waals surface area contributed by atoms with Crippen LogP contribution in [-0.4, -0.2) is 14.1 Å². The zero-order valence-corrected chi connectivity index (χ0v) is 12.0. The monoisotopic (exact) mass is 331 g/mol. The van der Waals surface area contributed by atoms with Crippen molar-refractivity contribution in [2.24, 2.45) is 0 Å². The molecule has 1 aliphatic rings. The Morgan fingerprint density at radius 3 is 2.67 bits per heavy atom. The fourth-order valence-corrected chi connectivity index (χ4v) is 3.26. The molecule has 82 valence electrons. The lowest BCUT2D eigenvalue weighted by molar-refractivity contribution is 0.400. The highest BCUT2D eigenvalue weighted by Gasteiger charge is 2.36. The van der Waals surface area contributed by atoms with Crippen LogP contribution in [0, 0.1) is 0 Å². The number of nitrogens with zero attached hydrogens (tertiary/aromatic N) is 1. The maximum atomic E-state index is 4.07. The van der Waals surface area contributed by atoms with Crippen LogP contribution in [0.15, 0.2) is 24.5 Å². The molecule has 0 aliphatic heterocycles. The van der Waals surface area contributed by atoms with Crippen molar-refractivity contribution in [2.75, 3.05) is 0 Å². The van der Waals surface area contributed by atoms with Crippen molar-refractivity contribution in [2.45, 2.75) is 41.3 Å². The van der Waals surface area contributed by atoms with Gasteiger partial charge < -0.3 is 0 Å². The van der Waals surface area contributed by atoms with Gasteiger partial charge in [0.25, 0.3) is 0 Å². The maximum absolute atomic E-state index is 4.07. The van der Waals surface area contributed by atoms with Gasteiger partial charge in [-0.3, -0.25) is 4.98 Å². The molecule has 0 amide bonds. The highest BCUT2D eigenvalue weighted by atomic mass is 79.9. The molecule has 1 aliphatic carbocycles. The van der Waals surface area contributed by atoms with Gasteiger partial charge in [-0.15, -0.1) is 0 Å². The minimum absolute atomic E-state index is 0.260. The standard InChI is InChI=1S/C12H15Br2N/c1-12(14)5-2-10(8-11(12)13)9-3-6-15-7-4-9/h3-4,6-7,10-11H,2,5,8H2,1H3. The first-order valence-electron chi connectivity index (χ1n) is 5.32. The summed E-state index contributed by atoms with van der Waals surface area (Å²) in [5.41, 5.74) is 1.43. The summed E-state index contributed by atoms with van der Waals surface area (Å²) >= 11 is 7.58. The summed E-state index contributed by atoms with van der Waals surface area (Å²) in [7, 11) is 0. The molecular weight excluding hydrogens is 318 g/mol. The number of aromatic nitrogens is 1. The normalized spacial score (nSPS) is 36.5. The Morgan fingerprint density at radius 1 is 1.40 bits per heavy atom. The highest BCUT2D eigenvalue weighted by molar-refractivity contribution is 9.12. The molecule has 1 saturated carbocycles. The summed E-state index contributed by atoms with van der Waals surface area (Å²) in [5.74, 6) is 0.683. The molecule has 3 unspecified atom stereocenters. The molecule has 1 aromatic rings. The largest absolute Gasteiger partial charge is 0.265 e. The van der Waals surface area contributed by atoms with Crippen molar-refractivity contribution in [1.82, 2.24) is 4.98 Å². The fourth-order valence-electron chi connectivity index (χ4n) is 2.16. The van der Waals surface area contributed by atoms with Gasteiger partial charge in [0.15, 0.2) is 0 Å². The average Bonchev–Trinajstić information content (AvgIpc) is 2.23. The van der Waals surface area contributed by atoms with E-state index in [0.29, 0.717) is 10.7 Å². The summed E-state index contributed by atoms with van der Waals surface area (Å²) in [6.45, 7) is 2.27. The van der Waals surface area contributed by atoms with Crippen LogP contribution in [0.25, 0.3) is 0 Å². The first-order chi connectivity index (χ1) is 7.09. The first kappa shape index (κ1) is 11.6. The fraction of sp³-hybridized carbons (Fsp3) is 0.583. The zero-order valence-electron chi connectivity index (χ0n) is 8.79. The van der Waals surface area contributed by atoms with Crippen LogP contribution in [0.1, 0.15) is 37.7 Å². The maximum Gasteiger partial charge on any atom is 0.0355 e. The SMILES string of the molecule is CC1(Br)CCC(c2ccncc2)CC1Br. The summed E-state index contributed by atoms with van der Waals surface area (Å²) in [6, 6.07) is 4.28. The van der Waals surface area contributed by atoms with Gasteiger partial charge in [-0.25, -0.2) is 0 Å². The lowest BCUT2D eigenvalue weighted by atomic mass is 9.79. The number of hydrogen-bond acceptors (Lipinski definition) is 1. The molecule has 1 heterocycles. The van der Waals surface area contributed by atoms with Crippen molar-refractivity contribution in [3.05, 3.63) is 30.1 Å². The Hall–Kier alpha value is 0.110. The van der Waals surface area contributed by atoms with Gasteiger partial charge in [-0.1, -0.05) is 31.9 Å². The summed E-state index contributed by atoms with van der Waals surface area (Å²) in [4.78, 5) is 4.62. The van der Waals surface area contributed by atoms with E-state index in [2.05, 4.69) is 55.9 Å². The van der Waals surface area contributed by atoms with E-state index in [0.717, 1.165) is 0 Å². The van der Waals surface area contributed by atoms with Gasteiger partial charge in [0, 0.05) is 21.5 Å². The Labute approximate surface area is 108 Å². The predicted octanol–water partition coefficient (Wildman–Crippen LogP) is 4.27. The summed E-state index contributed by atoms with van der Waals surface area (Å²) in [5, 5.41) is 0. The highest BCUT2D eigenvalue weighted by Crippen LogP contribution is 2.45. The zero-order chi connectivity index (χ0) is 10.9. The van der Waals surface area contributed by atoms with Crippen molar-refractivity contribution < 1.29 is 0 Å². The smallest absolute Gasteiger partial charge is 0.0355 e. The second kappa shape index (κ2) is 4.54. The van der Waals surface area contributed by atoms with E-state index in [1.54, 1.807) is 0 Å². The van der Waals surface area contributed by atoms with Gasteiger partial charge in [-0.05, 0) is 49.8 Å². The number of alkyl halides is 2. The third kappa shape index (κ3) is 2.62. The van der Waals surface area contributed by atoms with E-state index in [9.17, 15) is 0 Å². The third-order valence-electron chi connectivity index (χ3n) is 3.30. The number of pyridine rings is 1. The van der Waals surface area contributed by atoms with Crippen LogP contribution in [0.2, 0.25) is 0 Å². The lowest BCUT2D eigenvalue weighted by Gasteiger charge is -2.37. The minimum atomic E-state index is 0.260. The van der Waals surface area contributed by atoms with Crippen LogP contribution < -0.4 is 0 Å². The molecule has 3 heteroatoms. The molecular formula is C12H15Br2N. The Kier molecular flexibility index (Phi) is 3.51. The van der Waals surface area contributed by atoms with Crippen molar-refractivity contribution in [1.29, 1.82) is 0 Å². The van der Waals surface area contributed by atoms with Crippen LogP contribution in [-0.2, 0) is 0 Å². The third-order valence-corrected chi connectivity index (χ3v) is 6.25. The van der Waals surface area contributed by atoms with Crippen molar-refractivity contribution in [3.8, 4) is 0 Å². The van der Waals surface area contributed by atoms with E-state index in [1.807, 2.05) is 12.4 Å². The molecule has 2 rings (SSSR count). The molecule has 0 radical (unpaired) electrons. The molecule has 15 heavy (non-hydrogen) atoms. The molecule has 3 atom stereocenters. The van der Waals surface area contributed by atoms with Crippen LogP contribution in [0.4, 0.5) is 0 Å². The van der Waals surface area contributed by atoms with E-state index in [-0.39, 0.29) is 4.32 Å². The quantitative estimate of drug-likeness (QED) is 0.700. The van der Waals surface area contributed by atoms with Gasteiger partial charge in [0.1, 0.15) is 0 Å². The Balaban J connectivity index is 2.10. The second-order valence-electron chi connectivity index (χ2n) is 4.50. The van der Waals surface area contributed by atoms with Crippen LogP contribution >= 0.6 is 31.9 Å². The minimum Gasteiger partial charge on any atom is -0.265 e. The van der Waals surface area contributed by atoms with Crippen molar-refractivity contribution >= 4 is 31.9 Å². The van der Waals surface area contributed by atoms with Crippen LogP contribution in [0.5, 0.6) is 0 Å². The van der Waals surface area contributed by atoms with E-state index in [4.69, 9.17) is 0 Å². The average molecular weight is 333 g/mol. The van der Waals surface area contributed by atoms with E-state index < -0.39 is 0 Å². The molecule has 0 N–H and O–H groups in total. The topological polar surface area (TPSA) is 12.9 Å². The molecule has 0 bridgehead atoms. The molecule has 0 aromatic carbocycles. The molecule has 1 nitrogen and oxygen atoms in total. The number of hydrogen-bond donors (Lipinski definition) is 0. The number of halogens is 2. The van der Waals surface area contributed by atoms with Crippen molar-refractivity contribution in [3.63, 3.8) is 0 Å². The summed E-state index contributed by atoms with van der Waals surface area (Å²) < 4.78 is 0.260. The second-order valence-corrected chi connectivity index (χ2v) is 7.41. The Morgan fingerprint density at radius 2 is 2.07 bits per heavy atom. The van der Waals surface area contributed by atoms with Gasteiger partial charge in [0.2, 0.25) is 0 Å². The molecule has 1 aromatic heterocycles. The number of rotatable bonds is 1. The predicted molar refractivity (Wildman–Crippen MR) is 70.9 cm³/mol. The molecule has 0 saturated heterocycles. The lowest BCUT2D eigenvalue weighted by Crippen LogP contribution is -2.34. The van der Waals surface area contributed by atoms with E-state index in [1.165, 1.54) is 24.8 Å². The van der Waals surface area contributed by atoms with Gasteiger partial charge in [0.05, 0.1) is 0 Å². The Bertz CT molecular complexity index is 324. The summed E-state index contributed by atoms with van der Waals surface area (Å²) in [6.07, 6.45) is 7.45. The van der Waals surface area contributed by atoms with Crippen LogP contribution in [0.3, 0.4) is 0 Å². The molecule has 1 fully saturated rings. The first-order valence-corrected chi connectivity index (χ1v) is 7.03. The molecule has 0 spiro atoms.